The molecular weight excluding hydrogens is 1180 g/mol. The summed E-state index contributed by atoms with van der Waals surface area (Å²) in [7, 11) is -9.24. The number of hydrogen-bond acceptors (Lipinski definition) is 20. The van der Waals surface area contributed by atoms with E-state index in [9.17, 15) is 66.0 Å². The molecule has 0 amide bonds. The quantitative estimate of drug-likeness (QED) is 0.00952. The van der Waals surface area contributed by atoms with E-state index in [1.807, 2.05) is 0 Å². The van der Waals surface area contributed by atoms with Crippen molar-refractivity contribution < 1.29 is 104 Å². The Morgan fingerprint density at radius 1 is 0.442 bits per heavy atom. The molecule has 4 aromatic carbocycles. The highest BCUT2D eigenvalue weighted by atomic mass is 32.2. The van der Waals surface area contributed by atoms with E-state index in [0.29, 0.717) is 31.1 Å². The highest BCUT2D eigenvalue weighted by Crippen LogP contribution is 2.20. The van der Waals surface area contributed by atoms with Gasteiger partial charge in [-0.05, 0) is 83.9 Å². The van der Waals surface area contributed by atoms with E-state index in [2.05, 4.69) is 20.1 Å². The third-order valence-corrected chi connectivity index (χ3v) is 14.5. The number of carboxylic acid groups (broad SMARTS) is 4. The second-order valence-electron chi connectivity index (χ2n) is 17.8. The van der Waals surface area contributed by atoms with Crippen molar-refractivity contribution >= 4 is 79.5 Å². The van der Waals surface area contributed by atoms with E-state index in [1.54, 1.807) is 0 Å². The van der Waals surface area contributed by atoms with Crippen LogP contribution in [0.5, 0.6) is 11.5 Å². The van der Waals surface area contributed by atoms with E-state index in [4.69, 9.17) is 60.2 Å². The first-order chi connectivity index (χ1) is 40.9. The minimum Gasteiger partial charge on any atom is -0.481 e. The van der Waals surface area contributed by atoms with E-state index in [-0.39, 0.29) is 127 Å². The number of carbonyl (C=O) groups is 6. The maximum atomic E-state index is 13.4. The fourth-order valence-corrected chi connectivity index (χ4v) is 9.90. The van der Waals surface area contributed by atoms with Gasteiger partial charge in [0.2, 0.25) is 0 Å². The third kappa shape index (κ3) is 26.3. The Morgan fingerprint density at radius 2 is 0.721 bits per heavy atom. The summed E-state index contributed by atoms with van der Waals surface area (Å²) in [5.41, 5.74) is 12.7. The Kier molecular flexibility index (Phi) is 29.9. The number of benzene rings is 4. The number of nitrogens with two attached hydrogens (primary N) is 2. The normalized spacial score (nSPS) is 12.3. The molecule has 0 aliphatic rings. The molecule has 34 heteroatoms. The lowest BCUT2D eigenvalue weighted by Gasteiger charge is -2.27. The number of rotatable bonds is 43. The number of nitrogens with zero attached hydrogens (tertiary/aromatic N) is 2. The fourth-order valence-electron chi connectivity index (χ4n) is 7.24. The largest absolute Gasteiger partial charge is 0.481 e. The van der Waals surface area contributed by atoms with Crippen molar-refractivity contribution in [3.63, 3.8) is 0 Å². The first-order valence-electron chi connectivity index (χ1n) is 25.9. The summed E-state index contributed by atoms with van der Waals surface area (Å²) in [6.07, 6.45) is -2.09. The maximum absolute atomic E-state index is 13.4. The van der Waals surface area contributed by atoms with Crippen LogP contribution >= 0.6 is 0 Å². The minimum atomic E-state index is -4.62. The fraction of sp³-hybridized carbons (Fsp3) is 0.385. The summed E-state index contributed by atoms with van der Waals surface area (Å²) in [4.78, 5) is 72.4. The van der Waals surface area contributed by atoms with Gasteiger partial charge < -0.3 is 80.4 Å². The number of hydrogen-bond donors (Lipinski definition) is 12. The van der Waals surface area contributed by atoms with Gasteiger partial charge in [0.05, 0.1) is 103 Å². The molecule has 470 valence electrons. The van der Waals surface area contributed by atoms with Gasteiger partial charge in [-0.2, -0.15) is 34.9 Å². The highest BCUT2D eigenvalue weighted by molar-refractivity contribution is 7.87. The van der Waals surface area contributed by atoms with Crippen LogP contribution in [-0.4, -0.2) is 198 Å². The molecule has 0 fully saturated rings. The smallest absolute Gasteiger partial charge is 0.343 e. The number of aliphatic carboxylic acids is 4. The van der Waals surface area contributed by atoms with E-state index >= 15 is 0 Å². The van der Waals surface area contributed by atoms with E-state index in [1.165, 1.54) is 97.1 Å². The molecule has 0 radical (unpaired) electrons. The Balaban J connectivity index is 1.07. The zero-order valence-electron chi connectivity index (χ0n) is 46.1. The molecule has 86 heavy (non-hydrogen) atoms. The second kappa shape index (κ2) is 36.6. The van der Waals surface area contributed by atoms with Gasteiger partial charge in [-0.25, -0.2) is 9.59 Å². The number of nitrogens with one attached hydrogen (secondary N) is 6. The molecule has 0 saturated carbocycles. The van der Waals surface area contributed by atoms with Crippen LogP contribution in [0.4, 0.5) is 11.4 Å². The number of ether oxygens (including phenoxy) is 8. The number of carbonyl (C=O) groups excluding carboxylic acids is 2. The summed E-state index contributed by atoms with van der Waals surface area (Å²) in [6.45, 7) is -1.37. The lowest BCUT2D eigenvalue weighted by molar-refractivity contribution is -0.148. The summed E-state index contributed by atoms with van der Waals surface area (Å²) >= 11 is 0. The average molecular weight is 1250 g/mol. The molecule has 2 atom stereocenters. The van der Waals surface area contributed by atoms with Crippen molar-refractivity contribution in [2.45, 2.75) is 38.0 Å². The predicted octanol–water partition coefficient (Wildman–Crippen LogP) is 0.664. The molecule has 0 aromatic heterocycles. The Bertz CT molecular complexity index is 2880. The second-order valence-corrected chi connectivity index (χ2v) is 21.2. The highest BCUT2D eigenvalue weighted by Gasteiger charge is 2.38. The Hall–Kier alpha value is -8.26. The van der Waals surface area contributed by atoms with Crippen LogP contribution < -0.4 is 41.0 Å². The molecule has 14 N–H and O–H groups in total. The summed E-state index contributed by atoms with van der Waals surface area (Å²) in [5.74, 6) is -8.18. The van der Waals surface area contributed by atoms with Crippen molar-refractivity contribution in [1.29, 1.82) is 10.8 Å². The molecule has 0 aliphatic heterocycles. The van der Waals surface area contributed by atoms with Gasteiger partial charge in [-0.3, -0.25) is 30.0 Å². The van der Waals surface area contributed by atoms with Crippen LogP contribution in [0, 0.1) is 10.8 Å². The SMILES string of the molecule is N=C(N)Nc1ccc(C(=O)Oc2ccc(CNS(=O)(=O)N(CCOCCOCCOCCOCCOCCOCCN([C@@H](CC(=O)O)C(=O)O)S(=O)(=O)NCc3ccc(OC(=O)c4ccc(NC(=N)N)cc4)cc3)[C@@H](CC(=O)O)C(=O)O)cc2)cc1. The molecule has 0 unspecified atom stereocenters. The van der Waals surface area contributed by atoms with Crippen molar-refractivity contribution in [3.05, 3.63) is 119 Å². The predicted molar refractivity (Wildman–Crippen MR) is 304 cm³/mol. The molecule has 4 aromatic rings. The van der Waals surface area contributed by atoms with Gasteiger partial charge in [0.1, 0.15) is 23.6 Å². The van der Waals surface area contributed by atoms with Gasteiger partial charge in [0.25, 0.3) is 20.4 Å². The first kappa shape index (κ1) is 70.2. The molecule has 0 spiro atoms. The van der Waals surface area contributed by atoms with Crippen LogP contribution in [0.1, 0.15) is 44.7 Å². The maximum Gasteiger partial charge on any atom is 0.343 e. The Labute approximate surface area is 493 Å². The van der Waals surface area contributed by atoms with Crippen molar-refractivity contribution in [2.75, 3.05) is 103 Å². The van der Waals surface area contributed by atoms with Crippen LogP contribution in [-0.2, 0) is 81.1 Å². The monoisotopic (exact) mass is 1250 g/mol. The van der Waals surface area contributed by atoms with Crippen LogP contribution in [0.15, 0.2) is 97.1 Å². The zero-order valence-corrected chi connectivity index (χ0v) is 47.8. The van der Waals surface area contributed by atoms with Crippen molar-refractivity contribution in [1.82, 2.24) is 18.1 Å². The molecule has 32 nitrogen and oxygen atoms in total. The number of carboxylic acids is 4. The van der Waals surface area contributed by atoms with Gasteiger partial charge in [0.15, 0.2) is 11.9 Å². The van der Waals surface area contributed by atoms with Gasteiger partial charge in [-0.15, -0.1) is 0 Å². The minimum absolute atomic E-state index is 0.0361. The van der Waals surface area contributed by atoms with Crippen LogP contribution in [0.2, 0.25) is 0 Å². The molecule has 0 bridgehead atoms. The van der Waals surface area contributed by atoms with E-state index in [0.717, 1.165) is 0 Å². The molecule has 0 heterocycles. The summed E-state index contributed by atoms with van der Waals surface area (Å²) in [6, 6.07) is 19.5. The molecule has 0 aliphatic carbocycles. The average Bonchev–Trinajstić information content (AvgIpc) is 2.40. The van der Waals surface area contributed by atoms with Crippen LogP contribution in [0.3, 0.4) is 0 Å². The van der Waals surface area contributed by atoms with Gasteiger partial charge in [-0.1, -0.05) is 24.3 Å². The standard InChI is InChI=1S/C52H68N10O22S2/c53-51(54)59-39-9-5-37(6-10-39)49(71)83-41-13-1-35(2-14-41)33-57-85(73,74)61(43(47(67)68)31-45(63)64)17-19-77-21-23-79-25-27-81-29-30-82-28-26-80-24-22-78-20-18-62(44(48(69)70)32-46(65)66)86(75,76)58-34-36-3-15-42(16-4-36)84-50(72)38-7-11-40(12-8-38)60-52(55)56/h1-16,43-44,57-58H,17-34H2,(H,63,64)(H,65,66)(H,67,68)(H,69,70)(H4,53,54,59)(H4,55,56,60)/t43-,44-/m0/s1. The van der Waals surface area contributed by atoms with Crippen LogP contribution in [0.25, 0.3) is 0 Å². The number of esters is 2. The summed E-state index contributed by atoms with van der Waals surface area (Å²) in [5, 5.41) is 58.0. The zero-order chi connectivity index (χ0) is 63.1. The van der Waals surface area contributed by atoms with Gasteiger partial charge >= 0.3 is 35.8 Å². The molecule has 4 rings (SSSR count). The first-order valence-corrected chi connectivity index (χ1v) is 28.7. The summed E-state index contributed by atoms with van der Waals surface area (Å²) < 4.78 is 102. The van der Waals surface area contributed by atoms with E-state index < -0.39 is 94.2 Å². The molecule has 0 saturated heterocycles. The number of anilines is 2. The lowest BCUT2D eigenvalue weighted by atomic mass is 10.2. The topological polar surface area (TPSA) is 480 Å². The molecular formula is C52H68N10O22S2. The third-order valence-electron chi connectivity index (χ3n) is 11.4. The Morgan fingerprint density at radius 3 is 0.977 bits per heavy atom. The number of guanidine groups is 2. The van der Waals surface area contributed by atoms with Crippen molar-refractivity contribution in [3.8, 4) is 11.5 Å². The van der Waals surface area contributed by atoms with Gasteiger partial charge in [0, 0.05) is 37.6 Å². The van der Waals surface area contributed by atoms with Crippen molar-refractivity contribution in [2.24, 2.45) is 11.5 Å². The lowest BCUT2D eigenvalue weighted by Crippen LogP contribution is -2.51.